The molecule has 2 aromatic carbocycles. The number of hydrazone groups is 1. The van der Waals surface area contributed by atoms with Crippen molar-refractivity contribution in [1.29, 1.82) is 0 Å². The van der Waals surface area contributed by atoms with Crippen LogP contribution in [0.1, 0.15) is 16.8 Å². The summed E-state index contributed by atoms with van der Waals surface area (Å²) in [4.78, 5) is 12.0. The fraction of sp³-hybridized carbons (Fsp3) is 0.182. The molecule has 3 rings (SSSR count). The van der Waals surface area contributed by atoms with Crippen LogP contribution >= 0.6 is 0 Å². The number of rotatable bonds is 8. The number of methoxy groups -OCH3 is 1. The van der Waals surface area contributed by atoms with E-state index in [2.05, 4.69) is 10.5 Å². The van der Waals surface area contributed by atoms with E-state index >= 15 is 0 Å². The molecule has 6 heteroatoms. The number of aromatic nitrogens is 1. The minimum Gasteiger partial charge on any atom is -0.493 e. The van der Waals surface area contributed by atoms with Gasteiger partial charge in [-0.3, -0.25) is 4.79 Å². The molecular weight excluding hydrogens is 354 g/mol. The van der Waals surface area contributed by atoms with Crippen molar-refractivity contribution in [1.82, 2.24) is 9.99 Å². The van der Waals surface area contributed by atoms with Gasteiger partial charge in [-0.1, -0.05) is 30.3 Å². The van der Waals surface area contributed by atoms with Crippen molar-refractivity contribution in [3.8, 4) is 11.5 Å². The van der Waals surface area contributed by atoms with Crippen molar-refractivity contribution in [3.63, 3.8) is 0 Å². The van der Waals surface area contributed by atoms with Gasteiger partial charge in [0.05, 0.1) is 19.7 Å². The molecule has 0 aliphatic rings. The van der Waals surface area contributed by atoms with Gasteiger partial charge in [-0.25, -0.2) is 5.43 Å². The van der Waals surface area contributed by atoms with Gasteiger partial charge in [0.2, 0.25) is 5.91 Å². The van der Waals surface area contributed by atoms with E-state index in [0.29, 0.717) is 18.1 Å². The first kappa shape index (κ1) is 19.2. The highest BCUT2D eigenvalue weighted by molar-refractivity contribution is 5.83. The van der Waals surface area contributed by atoms with Crippen LogP contribution in [-0.2, 0) is 24.9 Å². The Kier molecular flexibility index (Phi) is 6.46. The molecule has 0 atom stereocenters. The Balaban J connectivity index is 1.57. The van der Waals surface area contributed by atoms with Gasteiger partial charge >= 0.3 is 0 Å². The highest BCUT2D eigenvalue weighted by Crippen LogP contribution is 2.28. The molecule has 1 heterocycles. The average Bonchev–Trinajstić information content (AvgIpc) is 3.12. The van der Waals surface area contributed by atoms with Crippen molar-refractivity contribution in [2.45, 2.75) is 13.0 Å². The lowest BCUT2D eigenvalue weighted by Gasteiger charge is -2.11. The van der Waals surface area contributed by atoms with Crippen LogP contribution in [0.5, 0.6) is 11.5 Å². The van der Waals surface area contributed by atoms with Crippen molar-refractivity contribution < 1.29 is 14.3 Å². The number of carbonyl (C=O) groups is 1. The van der Waals surface area contributed by atoms with Crippen LogP contribution in [0.15, 0.2) is 72.0 Å². The molecule has 0 radical (unpaired) electrons. The third-order valence-corrected chi connectivity index (χ3v) is 4.22. The van der Waals surface area contributed by atoms with Crippen LogP contribution in [0, 0.1) is 0 Å². The summed E-state index contributed by atoms with van der Waals surface area (Å²) in [6.07, 6.45) is 3.75. The van der Waals surface area contributed by atoms with E-state index in [1.54, 1.807) is 13.3 Å². The maximum absolute atomic E-state index is 12.0. The summed E-state index contributed by atoms with van der Waals surface area (Å²) >= 11 is 0. The fourth-order valence-corrected chi connectivity index (χ4v) is 2.68. The number of carbonyl (C=O) groups excluding carboxylic acids is 1. The van der Waals surface area contributed by atoms with Gasteiger partial charge in [-0.2, -0.15) is 5.10 Å². The van der Waals surface area contributed by atoms with Crippen LogP contribution in [0.4, 0.5) is 0 Å². The van der Waals surface area contributed by atoms with Crippen LogP contribution in [0.2, 0.25) is 0 Å². The maximum Gasteiger partial charge on any atom is 0.245 e. The van der Waals surface area contributed by atoms with E-state index in [0.717, 1.165) is 16.8 Å². The summed E-state index contributed by atoms with van der Waals surface area (Å²) in [6, 6.07) is 19.2. The number of amides is 1. The van der Waals surface area contributed by atoms with Gasteiger partial charge in [0.1, 0.15) is 6.61 Å². The molecular formula is C22H23N3O3. The van der Waals surface area contributed by atoms with Crippen molar-refractivity contribution in [2.24, 2.45) is 12.1 Å². The highest BCUT2D eigenvalue weighted by Gasteiger charge is 2.07. The second-order valence-electron chi connectivity index (χ2n) is 6.26. The van der Waals surface area contributed by atoms with Crippen molar-refractivity contribution in [2.75, 3.05) is 7.11 Å². The topological polar surface area (TPSA) is 64.8 Å². The quantitative estimate of drug-likeness (QED) is 0.484. The van der Waals surface area contributed by atoms with E-state index in [1.165, 1.54) is 0 Å². The van der Waals surface area contributed by atoms with Crippen molar-refractivity contribution in [3.05, 3.63) is 83.7 Å². The number of hydrogen-bond donors (Lipinski definition) is 1. The molecule has 0 saturated carbocycles. The van der Waals surface area contributed by atoms with Gasteiger partial charge in [0.25, 0.3) is 0 Å². The molecule has 0 fully saturated rings. The summed E-state index contributed by atoms with van der Waals surface area (Å²) < 4.78 is 13.2. The number of hydrogen-bond acceptors (Lipinski definition) is 4. The highest BCUT2D eigenvalue weighted by atomic mass is 16.5. The molecule has 0 aliphatic carbocycles. The zero-order valence-electron chi connectivity index (χ0n) is 16.0. The van der Waals surface area contributed by atoms with Crippen molar-refractivity contribution >= 4 is 12.1 Å². The Morgan fingerprint density at radius 3 is 2.64 bits per heavy atom. The lowest BCUT2D eigenvalue weighted by atomic mass is 10.2. The van der Waals surface area contributed by atoms with Gasteiger partial charge in [0, 0.05) is 18.9 Å². The standard InChI is InChI=1S/C22H23N3O3/c1-25-12-6-9-19(25)14-22(26)24-23-15-18-10-11-20(21(13-18)27-2)28-16-17-7-4-3-5-8-17/h3-13,15H,14,16H2,1-2H3,(H,24,26)/b23-15+. The molecule has 1 amide bonds. The van der Waals surface area contributed by atoms with Gasteiger partial charge in [-0.05, 0) is 41.5 Å². The minimum absolute atomic E-state index is 0.173. The molecule has 0 saturated heterocycles. The van der Waals surface area contributed by atoms with E-state index in [-0.39, 0.29) is 12.3 Å². The molecule has 0 spiro atoms. The predicted molar refractivity (Wildman–Crippen MR) is 109 cm³/mol. The maximum atomic E-state index is 12.0. The minimum atomic E-state index is -0.173. The second kappa shape index (κ2) is 9.41. The van der Waals surface area contributed by atoms with Crippen LogP contribution in [0.25, 0.3) is 0 Å². The summed E-state index contributed by atoms with van der Waals surface area (Å²) in [7, 11) is 3.49. The summed E-state index contributed by atoms with van der Waals surface area (Å²) in [5.74, 6) is 1.08. The smallest absolute Gasteiger partial charge is 0.245 e. The number of ether oxygens (including phenoxy) is 2. The van der Waals surface area contributed by atoms with Crippen LogP contribution < -0.4 is 14.9 Å². The van der Waals surface area contributed by atoms with E-state index in [4.69, 9.17) is 9.47 Å². The first-order chi connectivity index (χ1) is 13.7. The number of benzene rings is 2. The zero-order valence-corrected chi connectivity index (χ0v) is 16.0. The Morgan fingerprint density at radius 1 is 1.11 bits per heavy atom. The lowest BCUT2D eigenvalue weighted by Crippen LogP contribution is -2.20. The molecule has 28 heavy (non-hydrogen) atoms. The third kappa shape index (κ3) is 5.23. The molecule has 0 bridgehead atoms. The number of nitrogens with one attached hydrogen (secondary N) is 1. The monoisotopic (exact) mass is 377 g/mol. The second-order valence-corrected chi connectivity index (χ2v) is 6.26. The number of nitrogens with zero attached hydrogens (tertiary/aromatic N) is 2. The van der Waals surface area contributed by atoms with Gasteiger partial charge in [-0.15, -0.1) is 0 Å². The Bertz CT molecular complexity index is 949. The molecule has 1 aromatic heterocycles. The Morgan fingerprint density at radius 2 is 1.93 bits per heavy atom. The van der Waals surface area contributed by atoms with E-state index < -0.39 is 0 Å². The summed E-state index contributed by atoms with van der Waals surface area (Å²) in [6.45, 7) is 0.458. The zero-order chi connectivity index (χ0) is 19.8. The van der Waals surface area contributed by atoms with E-state index in [1.807, 2.05) is 78.5 Å². The SMILES string of the molecule is COc1cc(/C=N/NC(=O)Cc2cccn2C)ccc1OCc1ccccc1. The molecule has 0 aliphatic heterocycles. The normalized spacial score (nSPS) is 10.8. The van der Waals surface area contributed by atoms with Gasteiger partial charge < -0.3 is 14.0 Å². The molecule has 3 aromatic rings. The first-order valence-electron chi connectivity index (χ1n) is 8.92. The molecule has 0 unspecified atom stereocenters. The molecule has 6 nitrogen and oxygen atoms in total. The van der Waals surface area contributed by atoms with Crippen LogP contribution in [0.3, 0.4) is 0 Å². The average molecular weight is 377 g/mol. The predicted octanol–water partition coefficient (Wildman–Crippen LogP) is 3.31. The first-order valence-corrected chi connectivity index (χ1v) is 8.92. The fourth-order valence-electron chi connectivity index (χ4n) is 2.68. The third-order valence-electron chi connectivity index (χ3n) is 4.22. The summed E-state index contributed by atoms with van der Waals surface area (Å²) in [5, 5.41) is 4.02. The largest absolute Gasteiger partial charge is 0.493 e. The molecule has 1 N–H and O–H groups in total. The molecule has 144 valence electrons. The summed E-state index contributed by atoms with van der Waals surface area (Å²) in [5.41, 5.74) is 5.34. The van der Waals surface area contributed by atoms with Crippen LogP contribution in [-0.4, -0.2) is 23.8 Å². The number of aryl methyl sites for hydroxylation is 1. The Labute approximate surface area is 164 Å². The Hall–Kier alpha value is -3.54. The van der Waals surface area contributed by atoms with Gasteiger partial charge in [0.15, 0.2) is 11.5 Å². The van der Waals surface area contributed by atoms with E-state index in [9.17, 15) is 4.79 Å². The lowest BCUT2D eigenvalue weighted by molar-refractivity contribution is -0.120.